The van der Waals surface area contributed by atoms with Gasteiger partial charge in [-0.3, -0.25) is 5.32 Å². The molecule has 0 unspecified atom stereocenters. The first-order chi connectivity index (χ1) is 16.8. The number of hydrogen-bond acceptors (Lipinski definition) is 6. The van der Waals surface area contributed by atoms with Crippen molar-refractivity contribution in [2.75, 3.05) is 24.0 Å². The number of aromatic nitrogens is 1. The summed E-state index contributed by atoms with van der Waals surface area (Å²) >= 11 is 0. The van der Waals surface area contributed by atoms with E-state index in [9.17, 15) is 13.2 Å². The fourth-order valence-electron chi connectivity index (χ4n) is 3.13. The average Bonchev–Trinajstić information content (AvgIpc) is 2.78. The smallest absolute Gasteiger partial charge is 0.412 e. The first kappa shape index (κ1) is 26.5. The molecule has 0 spiro atoms. The summed E-state index contributed by atoms with van der Waals surface area (Å²) in [6, 6.07) is 15.4. The lowest BCUT2D eigenvalue weighted by atomic mass is 10.1. The van der Waals surface area contributed by atoms with Gasteiger partial charge in [-0.2, -0.15) is 0 Å². The van der Waals surface area contributed by atoms with Crippen molar-refractivity contribution in [3.8, 4) is 16.9 Å². The van der Waals surface area contributed by atoms with Crippen LogP contribution < -0.4 is 26.1 Å². The van der Waals surface area contributed by atoms with Crippen LogP contribution >= 0.6 is 0 Å². The first-order valence-corrected chi connectivity index (χ1v) is 12.8. The van der Waals surface area contributed by atoms with Gasteiger partial charge in [-0.05, 0) is 61.7 Å². The van der Waals surface area contributed by atoms with Crippen molar-refractivity contribution in [3.05, 3.63) is 60.8 Å². The summed E-state index contributed by atoms with van der Waals surface area (Å²) in [5.74, 6) is 0.903. The number of benzene rings is 2. The summed E-state index contributed by atoms with van der Waals surface area (Å²) in [4.78, 5) is 19.4. The van der Waals surface area contributed by atoms with E-state index in [1.165, 1.54) is 19.2 Å². The van der Waals surface area contributed by atoms with Crippen LogP contribution in [0.1, 0.15) is 20.8 Å². The molecular formula is C25H30N5O5S+. The topological polar surface area (TPSA) is 146 Å². The molecule has 0 bridgehead atoms. The Morgan fingerprint density at radius 1 is 1.00 bits per heavy atom. The summed E-state index contributed by atoms with van der Waals surface area (Å²) in [6.45, 7) is 5.41. The Bertz CT molecular complexity index is 1360. The zero-order valence-corrected chi connectivity index (χ0v) is 21.6. The van der Waals surface area contributed by atoms with Gasteiger partial charge in [0.05, 0.1) is 23.9 Å². The summed E-state index contributed by atoms with van der Waals surface area (Å²) in [5.41, 5.74) is 8.39. The number of nitrogens with two attached hydrogens (primary N) is 1. The summed E-state index contributed by atoms with van der Waals surface area (Å²) in [6.07, 6.45) is 2.39. The van der Waals surface area contributed by atoms with Crippen LogP contribution in [0.25, 0.3) is 11.1 Å². The van der Waals surface area contributed by atoms with E-state index in [2.05, 4.69) is 20.6 Å². The van der Waals surface area contributed by atoms with Crippen LogP contribution in [-0.4, -0.2) is 39.4 Å². The molecule has 0 saturated carbocycles. The van der Waals surface area contributed by atoms with Crippen LogP contribution in [0.15, 0.2) is 70.7 Å². The number of carbonyl (C=O) groups is 1. The van der Waals surface area contributed by atoms with Gasteiger partial charge in [-0.1, -0.05) is 12.1 Å². The van der Waals surface area contributed by atoms with Crippen LogP contribution in [0.3, 0.4) is 0 Å². The molecule has 3 rings (SSSR count). The van der Waals surface area contributed by atoms with E-state index < -0.39 is 21.5 Å². The highest BCUT2D eigenvalue weighted by molar-refractivity contribution is 7.90. The van der Waals surface area contributed by atoms with E-state index in [1.807, 2.05) is 18.2 Å². The molecule has 1 aromatic heterocycles. The molecule has 0 aliphatic heterocycles. The van der Waals surface area contributed by atoms with Crippen molar-refractivity contribution in [2.45, 2.75) is 31.3 Å². The Kier molecular flexibility index (Phi) is 7.83. The Balaban J connectivity index is 1.68. The molecule has 36 heavy (non-hydrogen) atoms. The Morgan fingerprint density at radius 3 is 2.22 bits per heavy atom. The second-order valence-corrected chi connectivity index (χ2v) is 10.9. The quantitative estimate of drug-likeness (QED) is 0.334. The highest BCUT2D eigenvalue weighted by Crippen LogP contribution is 2.28. The second kappa shape index (κ2) is 10.6. The van der Waals surface area contributed by atoms with Crippen LogP contribution in [0, 0.1) is 0 Å². The number of H-pyrrole nitrogens is 1. The van der Waals surface area contributed by atoms with Gasteiger partial charge in [0.25, 0.3) is 0 Å². The molecule has 0 aliphatic carbocycles. The number of nitrogens with one attached hydrogen (secondary N) is 3. The molecule has 10 nitrogen and oxygen atoms in total. The number of nitrogens with zero attached hydrogens (tertiary/aromatic N) is 1. The third kappa shape index (κ3) is 7.44. The Labute approximate surface area is 210 Å². The Morgan fingerprint density at radius 2 is 1.67 bits per heavy atom. The summed E-state index contributed by atoms with van der Waals surface area (Å²) < 4.78 is 34.0. The van der Waals surface area contributed by atoms with Crippen molar-refractivity contribution in [2.24, 2.45) is 10.7 Å². The number of sulfone groups is 1. The minimum absolute atomic E-state index is 0.0852. The van der Waals surface area contributed by atoms with Gasteiger partial charge in [0.1, 0.15) is 11.4 Å². The number of amides is 1. The van der Waals surface area contributed by atoms with Crippen LogP contribution in [0.5, 0.6) is 5.75 Å². The first-order valence-electron chi connectivity index (χ1n) is 11.0. The maximum absolute atomic E-state index is 11.9. The lowest BCUT2D eigenvalue weighted by molar-refractivity contribution is -0.361. The number of methoxy groups -OCH3 is 1. The number of hydrogen-bond donors (Lipinski definition) is 3. The van der Waals surface area contributed by atoms with Crippen molar-refractivity contribution >= 4 is 39.1 Å². The third-order valence-electron chi connectivity index (χ3n) is 4.76. The molecular weight excluding hydrogens is 482 g/mol. The van der Waals surface area contributed by atoms with E-state index in [0.717, 1.165) is 17.4 Å². The van der Waals surface area contributed by atoms with Gasteiger partial charge in [-0.15, -0.1) is 0 Å². The van der Waals surface area contributed by atoms with Gasteiger partial charge in [0, 0.05) is 29.6 Å². The van der Waals surface area contributed by atoms with Gasteiger partial charge in [0.2, 0.25) is 0 Å². The number of carbonyl (C=O) groups excluding carboxylic acids is 1. The highest BCUT2D eigenvalue weighted by atomic mass is 32.2. The third-order valence-corrected chi connectivity index (χ3v) is 5.87. The number of rotatable bonds is 6. The standard InChI is InChI=1S/C25H29N5O5S/c1-25(2,3)35-24(31)28-18-9-6-16(7-10-18)17-8-13-22(27-15-17)30-23(26)29-20-12-11-19(36(5,32)33)14-21(20)34-4/h6-15H,1-5H3,(H,28,31)(H3,26,27,29,30)/p+1. The maximum atomic E-state index is 11.9. The summed E-state index contributed by atoms with van der Waals surface area (Å²) in [5, 5.41) is 5.61. The van der Waals surface area contributed by atoms with Crippen molar-refractivity contribution in [1.82, 2.24) is 0 Å². The van der Waals surface area contributed by atoms with Crippen LogP contribution in [-0.2, 0) is 14.6 Å². The fraction of sp³-hybridized carbons (Fsp3) is 0.240. The molecule has 0 fully saturated rings. The predicted molar refractivity (Wildman–Crippen MR) is 139 cm³/mol. The number of pyridine rings is 1. The molecule has 1 heterocycles. The number of ether oxygens (including phenoxy) is 2. The molecule has 0 radical (unpaired) electrons. The predicted octanol–water partition coefficient (Wildman–Crippen LogP) is 3.99. The maximum Gasteiger partial charge on any atom is 0.412 e. The van der Waals surface area contributed by atoms with Crippen LogP contribution in [0.2, 0.25) is 0 Å². The van der Waals surface area contributed by atoms with Gasteiger partial charge >= 0.3 is 17.9 Å². The van der Waals surface area contributed by atoms with E-state index in [4.69, 9.17) is 15.2 Å². The van der Waals surface area contributed by atoms with Gasteiger partial charge < -0.3 is 20.5 Å². The number of anilines is 2. The molecule has 3 aromatic rings. The zero-order chi connectivity index (χ0) is 26.5. The van der Waals surface area contributed by atoms with E-state index in [1.54, 1.807) is 51.2 Å². The van der Waals surface area contributed by atoms with E-state index in [-0.39, 0.29) is 10.9 Å². The van der Waals surface area contributed by atoms with Crippen molar-refractivity contribution in [3.63, 3.8) is 0 Å². The van der Waals surface area contributed by atoms with E-state index >= 15 is 0 Å². The number of aromatic amines is 1. The molecule has 11 heteroatoms. The zero-order valence-electron chi connectivity index (χ0n) is 20.7. The molecule has 0 aliphatic rings. The second-order valence-electron chi connectivity index (χ2n) is 8.92. The highest BCUT2D eigenvalue weighted by Gasteiger charge is 2.16. The van der Waals surface area contributed by atoms with Gasteiger partial charge in [0.15, 0.2) is 9.84 Å². The van der Waals surface area contributed by atoms with Crippen LogP contribution in [0.4, 0.5) is 22.0 Å². The molecule has 0 atom stereocenters. The molecule has 0 saturated heterocycles. The van der Waals surface area contributed by atoms with Crippen molar-refractivity contribution in [1.29, 1.82) is 0 Å². The fourth-order valence-corrected chi connectivity index (χ4v) is 3.77. The normalized spacial score (nSPS) is 12.1. The molecule has 1 amide bonds. The number of aliphatic imine (C=N–C) groups is 1. The monoisotopic (exact) mass is 512 g/mol. The lowest BCUT2D eigenvalue weighted by Gasteiger charge is -2.19. The molecule has 190 valence electrons. The van der Waals surface area contributed by atoms with Crippen molar-refractivity contribution < 1.29 is 27.7 Å². The average molecular weight is 513 g/mol. The molecule has 5 N–H and O–H groups in total. The minimum atomic E-state index is -3.37. The van der Waals surface area contributed by atoms with Gasteiger partial charge in [-0.25, -0.2) is 18.2 Å². The lowest BCUT2D eigenvalue weighted by Crippen LogP contribution is -2.27. The Hall–Kier alpha value is -4.12. The molecule has 2 aromatic carbocycles. The van der Waals surface area contributed by atoms with E-state index in [0.29, 0.717) is 22.9 Å². The number of guanidine groups is 1. The summed E-state index contributed by atoms with van der Waals surface area (Å²) in [7, 11) is -1.93. The minimum Gasteiger partial charge on any atom is -0.495 e. The SMILES string of the molecule is COc1cc(S(C)(=O)=O)ccc1NC(N)=Nc1ccc(-c2ccc(NC(=O)OC(C)(C)C)cc2)c[nH+]1. The largest absolute Gasteiger partial charge is 0.495 e.